The van der Waals surface area contributed by atoms with Crippen LogP contribution in [0.4, 0.5) is 11.4 Å². The lowest BCUT2D eigenvalue weighted by Gasteiger charge is -2.15. The molecule has 0 saturated carbocycles. The highest BCUT2D eigenvalue weighted by atomic mass is 79.9. The van der Waals surface area contributed by atoms with E-state index in [1.807, 2.05) is 51.1 Å². The molecule has 0 unspecified atom stereocenters. The van der Waals surface area contributed by atoms with Crippen LogP contribution in [0.5, 0.6) is 0 Å². The normalized spacial score (nSPS) is 10.8. The Morgan fingerprint density at radius 3 is 2.09 bits per heavy atom. The van der Waals surface area contributed by atoms with Crippen LogP contribution in [0.15, 0.2) is 69.6 Å². The van der Waals surface area contributed by atoms with Gasteiger partial charge in [-0.2, -0.15) is 0 Å². The highest BCUT2D eigenvalue weighted by Gasteiger charge is 2.22. The third-order valence-electron chi connectivity index (χ3n) is 5.57. The number of fused-ring (bicyclic) bond motifs is 1. The second-order valence-corrected chi connectivity index (χ2v) is 9.97. The van der Waals surface area contributed by atoms with Crippen LogP contribution in [-0.4, -0.2) is 22.4 Å². The number of nitrogens with zero attached hydrogens (tertiary/aromatic N) is 1. The molecule has 0 aliphatic rings. The van der Waals surface area contributed by atoms with Crippen molar-refractivity contribution in [2.75, 3.05) is 16.1 Å². The Morgan fingerprint density at radius 1 is 0.743 bits per heavy atom. The molecule has 0 aliphatic carbocycles. The molecule has 7 nitrogen and oxygen atoms in total. The smallest absolute Gasteiger partial charge is 0.320 e. The number of nitrogens with one attached hydrogen (secondary N) is 3. The third-order valence-corrected chi connectivity index (χ3v) is 6.56. The Balaban J connectivity index is 1.65. The molecule has 1 aromatic heterocycles. The van der Waals surface area contributed by atoms with Crippen LogP contribution in [0.2, 0.25) is 0 Å². The number of para-hydroxylation sites is 1. The molecule has 178 valence electrons. The molecule has 0 saturated heterocycles. The number of amides is 3. The van der Waals surface area contributed by atoms with E-state index in [1.54, 1.807) is 30.3 Å². The summed E-state index contributed by atoms with van der Waals surface area (Å²) < 4.78 is 3.02. The van der Waals surface area contributed by atoms with Gasteiger partial charge in [0.1, 0.15) is 5.69 Å². The number of rotatable bonds is 4. The maximum atomic E-state index is 13.3. The van der Waals surface area contributed by atoms with Crippen LogP contribution in [0, 0.1) is 20.8 Å². The Labute approximate surface area is 219 Å². The lowest BCUT2D eigenvalue weighted by atomic mass is 10.1. The standard InChI is InChI=1S/C26H22Br2N4O3/c1-14-5-4-6-15(2)23(14)30-24(33)22-13-17-12-19(28)8-10-21(17)32(22)31-26(35)25(34)29-20-9-7-18(27)11-16(20)3/h4-13H,1-3H3,(H,29,34)(H,30,33)(H,31,35). The zero-order valence-corrected chi connectivity index (χ0v) is 22.4. The van der Waals surface area contributed by atoms with Gasteiger partial charge in [0.25, 0.3) is 5.91 Å². The summed E-state index contributed by atoms with van der Waals surface area (Å²) in [6, 6.07) is 18.1. The van der Waals surface area contributed by atoms with Gasteiger partial charge in [-0.25, -0.2) is 4.68 Å². The maximum absolute atomic E-state index is 13.3. The van der Waals surface area contributed by atoms with Crippen molar-refractivity contribution in [1.82, 2.24) is 4.68 Å². The Kier molecular flexibility index (Phi) is 7.09. The van der Waals surface area contributed by atoms with Crippen molar-refractivity contribution in [1.29, 1.82) is 0 Å². The van der Waals surface area contributed by atoms with Crippen molar-refractivity contribution in [2.45, 2.75) is 20.8 Å². The average Bonchev–Trinajstić information content (AvgIpc) is 3.15. The number of anilines is 2. The fourth-order valence-electron chi connectivity index (χ4n) is 3.76. The summed E-state index contributed by atoms with van der Waals surface area (Å²) in [5.41, 5.74) is 7.17. The van der Waals surface area contributed by atoms with E-state index in [2.05, 4.69) is 47.9 Å². The molecule has 0 fully saturated rings. The van der Waals surface area contributed by atoms with Crippen molar-refractivity contribution in [3.8, 4) is 0 Å². The first-order valence-electron chi connectivity index (χ1n) is 10.7. The predicted molar refractivity (Wildman–Crippen MR) is 145 cm³/mol. The molecule has 9 heteroatoms. The van der Waals surface area contributed by atoms with Gasteiger partial charge in [-0.15, -0.1) is 0 Å². The zero-order valence-electron chi connectivity index (χ0n) is 19.2. The van der Waals surface area contributed by atoms with Gasteiger partial charge in [0.2, 0.25) is 0 Å². The van der Waals surface area contributed by atoms with Crippen LogP contribution in [-0.2, 0) is 9.59 Å². The van der Waals surface area contributed by atoms with Crippen molar-refractivity contribution in [3.63, 3.8) is 0 Å². The first-order valence-corrected chi connectivity index (χ1v) is 12.3. The lowest BCUT2D eigenvalue weighted by molar-refractivity contribution is -0.133. The van der Waals surface area contributed by atoms with E-state index in [9.17, 15) is 14.4 Å². The van der Waals surface area contributed by atoms with Crippen LogP contribution < -0.4 is 16.1 Å². The molecule has 0 spiro atoms. The highest BCUT2D eigenvalue weighted by molar-refractivity contribution is 9.10. The molecule has 0 aliphatic heterocycles. The van der Waals surface area contributed by atoms with Gasteiger partial charge in [0.15, 0.2) is 0 Å². The molecule has 4 rings (SSSR count). The Morgan fingerprint density at radius 2 is 1.40 bits per heavy atom. The zero-order chi connectivity index (χ0) is 25.3. The first-order chi connectivity index (χ1) is 16.6. The quantitative estimate of drug-likeness (QED) is 0.250. The maximum Gasteiger partial charge on any atom is 0.328 e. The largest absolute Gasteiger partial charge is 0.328 e. The third kappa shape index (κ3) is 5.31. The van der Waals surface area contributed by atoms with E-state index in [0.29, 0.717) is 16.9 Å². The Bertz CT molecular complexity index is 1470. The number of hydrogen-bond acceptors (Lipinski definition) is 3. The number of hydrogen-bond donors (Lipinski definition) is 3. The predicted octanol–water partition coefficient (Wildman–Crippen LogP) is 6.05. The van der Waals surface area contributed by atoms with Gasteiger partial charge in [-0.3, -0.25) is 19.8 Å². The van der Waals surface area contributed by atoms with Crippen LogP contribution in [0.25, 0.3) is 10.9 Å². The van der Waals surface area contributed by atoms with Gasteiger partial charge in [-0.05, 0) is 79.9 Å². The number of halogens is 2. The minimum Gasteiger partial charge on any atom is -0.320 e. The Hall–Kier alpha value is -3.43. The second-order valence-electron chi connectivity index (χ2n) is 8.14. The SMILES string of the molecule is Cc1cc(Br)ccc1NC(=O)C(=O)Nn1c(C(=O)Nc2c(C)cccc2C)cc2cc(Br)ccc21. The first kappa shape index (κ1) is 24.7. The van der Waals surface area contributed by atoms with E-state index < -0.39 is 17.7 Å². The van der Waals surface area contributed by atoms with Gasteiger partial charge in [0.05, 0.1) is 5.52 Å². The summed E-state index contributed by atoms with van der Waals surface area (Å²) >= 11 is 6.81. The molecule has 4 aromatic rings. The molecule has 3 aromatic carbocycles. The number of aryl methyl sites for hydroxylation is 3. The average molecular weight is 598 g/mol. The number of carbonyl (C=O) groups is 3. The fourth-order valence-corrected chi connectivity index (χ4v) is 4.62. The van der Waals surface area contributed by atoms with Gasteiger partial charge in [-0.1, -0.05) is 50.1 Å². The van der Waals surface area contributed by atoms with E-state index in [4.69, 9.17) is 0 Å². The van der Waals surface area contributed by atoms with Gasteiger partial charge in [0, 0.05) is 25.7 Å². The molecule has 3 amide bonds. The fraction of sp³-hybridized carbons (Fsp3) is 0.115. The second kappa shape index (κ2) is 10.1. The number of aromatic nitrogens is 1. The van der Waals surface area contributed by atoms with E-state index in [0.717, 1.165) is 31.0 Å². The minimum absolute atomic E-state index is 0.182. The topological polar surface area (TPSA) is 92.2 Å². The van der Waals surface area contributed by atoms with Crippen LogP contribution >= 0.6 is 31.9 Å². The molecule has 0 atom stereocenters. The summed E-state index contributed by atoms with van der Waals surface area (Å²) in [6.07, 6.45) is 0. The summed E-state index contributed by atoms with van der Waals surface area (Å²) in [5.74, 6) is -2.18. The van der Waals surface area contributed by atoms with Crippen molar-refractivity contribution in [3.05, 3.63) is 92.0 Å². The number of benzene rings is 3. The molecular weight excluding hydrogens is 576 g/mol. The van der Waals surface area contributed by atoms with Crippen LogP contribution in [0.3, 0.4) is 0 Å². The van der Waals surface area contributed by atoms with Crippen molar-refractivity contribution < 1.29 is 14.4 Å². The van der Waals surface area contributed by atoms with Crippen LogP contribution in [0.1, 0.15) is 27.2 Å². The molecule has 0 bridgehead atoms. The minimum atomic E-state index is -0.908. The summed E-state index contributed by atoms with van der Waals surface area (Å²) in [5, 5.41) is 6.27. The summed E-state index contributed by atoms with van der Waals surface area (Å²) in [6.45, 7) is 5.64. The van der Waals surface area contributed by atoms with E-state index in [1.165, 1.54) is 4.68 Å². The lowest BCUT2D eigenvalue weighted by Crippen LogP contribution is -2.36. The van der Waals surface area contributed by atoms with E-state index in [-0.39, 0.29) is 5.69 Å². The summed E-state index contributed by atoms with van der Waals surface area (Å²) in [4.78, 5) is 38.8. The number of carbonyl (C=O) groups excluding carboxylic acids is 3. The molecule has 1 heterocycles. The molecule has 0 radical (unpaired) electrons. The van der Waals surface area contributed by atoms with E-state index >= 15 is 0 Å². The van der Waals surface area contributed by atoms with Gasteiger partial charge < -0.3 is 10.6 Å². The monoisotopic (exact) mass is 596 g/mol. The molecular formula is C26H22Br2N4O3. The van der Waals surface area contributed by atoms with Crippen molar-refractivity contribution >= 4 is 71.9 Å². The molecule has 3 N–H and O–H groups in total. The summed E-state index contributed by atoms with van der Waals surface area (Å²) in [7, 11) is 0. The van der Waals surface area contributed by atoms with Gasteiger partial charge >= 0.3 is 11.8 Å². The highest BCUT2D eigenvalue weighted by Crippen LogP contribution is 2.26. The molecule has 35 heavy (non-hydrogen) atoms. The van der Waals surface area contributed by atoms with Crippen molar-refractivity contribution in [2.24, 2.45) is 0 Å².